The fourth-order valence-electron chi connectivity index (χ4n) is 1.77. The molecule has 0 bridgehead atoms. The van der Waals surface area contributed by atoms with Crippen LogP contribution in [0, 0.1) is 15.5 Å². The van der Waals surface area contributed by atoms with Crippen LogP contribution in [-0.2, 0) is 0 Å². The predicted octanol–water partition coefficient (Wildman–Crippen LogP) is 2.17. The molecule has 0 aliphatic heterocycles. The van der Waals surface area contributed by atoms with E-state index in [2.05, 4.69) is 4.98 Å². The van der Waals surface area contributed by atoms with Crippen molar-refractivity contribution in [2.45, 2.75) is 20.8 Å². The maximum absolute atomic E-state index is 11.0. The number of aromatic nitrogens is 1. The van der Waals surface area contributed by atoms with E-state index in [0.29, 0.717) is 6.54 Å². The Balaban J connectivity index is 3.24. The molecule has 0 atom stereocenters. The highest BCUT2D eigenvalue weighted by Crippen LogP contribution is 2.27. The number of rotatable bonds is 4. The van der Waals surface area contributed by atoms with E-state index in [4.69, 9.17) is 5.11 Å². The van der Waals surface area contributed by atoms with Crippen LogP contribution >= 0.6 is 0 Å². The summed E-state index contributed by atoms with van der Waals surface area (Å²) in [5.74, 6) is -1.14. The van der Waals surface area contributed by atoms with Crippen LogP contribution in [0.4, 0.5) is 11.5 Å². The molecular formula is C12H17N3O4. The van der Waals surface area contributed by atoms with E-state index in [1.54, 1.807) is 11.9 Å². The van der Waals surface area contributed by atoms with Crippen molar-refractivity contribution in [1.82, 2.24) is 4.98 Å². The van der Waals surface area contributed by atoms with Crippen LogP contribution in [0.2, 0.25) is 0 Å². The first kappa shape index (κ1) is 14.9. The Morgan fingerprint density at radius 2 is 2.05 bits per heavy atom. The molecule has 1 aromatic heterocycles. The molecule has 0 saturated carbocycles. The molecule has 7 nitrogen and oxygen atoms in total. The maximum Gasteiger partial charge on any atom is 0.354 e. The molecule has 1 heterocycles. The van der Waals surface area contributed by atoms with Crippen molar-refractivity contribution in [2.75, 3.05) is 18.5 Å². The van der Waals surface area contributed by atoms with Gasteiger partial charge in [-0.2, -0.15) is 0 Å². The van der Waals surface area contributed by atoms with E-state index in [-0.39, 0.29) is 22.6 Å². The third kappa shape index (κ3) is 3.90. The van der Waals surface area contributed by atoms with Gasteiger partial charge in [-0.05, 0) is 11.5 Å². The molecule has 19 heavy (non-hydrogen) atoms. The highest BCUT2D eigenvalue weighted by molar-refractivity contribution is 5.86. The lowest BCUT2D eigenvalue weighted by atomic mass is 9.96. The summed E-state index contributed by atoms with van der Waals surface area (Å²) in [4.78, 5) is 26.8. The van der Waals surface area contributed by atoms with E-state index in [1.807, 2.05) is 20.8 Å². The molecule has 0 radical (unpaired) electrons. The number of carboxylic acids is 1. The summed E-state index contributed by atoms with van der Waals surface area (Å²) >= 11 is 0. The van der Waals surface area contributed by atoms with E-state index >= 15 is 0 Å². The zero-order chi connectivity index (χ0) is 14.8. The van der Waals surface area contributed by atoms with E-state index in [0.717, 1.165) is 6.07 Å². The maximum atomic E-state index is 11.0. The highest BCUT2D eigenvalue weighted by Gasteiger charge is 2.24. The summed E-state index contributed by atoms with van der Waals surface area (Å²) in [5, 5.41) is 19.9. The summed E-state index contributed by atoms with van der Waals surface area (Å²) in [5.41, 5.74) is -0.498. The lowest BCUT2D eigenvalue weighted by Gasteiger charge is -2.27. The average Bonchev–Trinajstić information content (AvgIpc) is 2.25. The number of hydrogen-bond acceptors (Lipinski definition) is 5. The van der Waals surface area contributed by atoms with Crippen LogP contribution in [-0.4, -0.2) is 34.6 Å². The minimum atomic E-state index is -1.21. The second-order valence-corrected chi connectivity index (χ2v) is 5.52. The van der Waals surface area contributed by atoms with E-state index in [9.17, 15) is 14.9 Å². The number of nitro groups is 1. The number of carbonyl (C=O) groups is 1. The molecule has 7 heteroatoms. The number of pyridine rings is 1. The van der Waals surface area contributed by atoms with Gasteiger partial charge in [-0.3, -0.25) is 10.1 Å². The van der Waals surface area contributed by atoms with Crippen molar-refractivity contribution in [2.24, 2.45) is 5.41 Å². The van der Waals surface area contributed by atoms with Gasteiger partial charge >= 0.3 is 11.7 Å². The Kier molecular flexibility index (Phi) is 4.08. The molecular weight excluding hydrogens is 250 g/mol. The zero-order valence-electron chi connectivity index (χ0n) is 11.4. The Labute approximate surface area is 111 Å². The second-order valence-electron chi connectivity index (χ2n) is 5.52. The van der Waals surface area contributed by atoms with Gasteiger partial charge in [-0.15, -0.1) is 0 Å². The van der Waals surface area contributed by atoms with Gasteiger partial charge in [0.05, 0.1) is 4.92 Å². The van der Waals surface area contributed by atoms with Crippen molar-refractivity contribution in [1.29, 1.82) is 0 Å². The molecule has 104 valence electrons. The molecule has 0 aliphatic carbocycles. The summed E-state index contributed by atoms with van der Waals surface area (Å²) in [7, 11) is 1.66. The van der Waals surface area contributed by atoms with Gasteiger partial charge in [-0.25, -0.2) is 9.78 Å². The number of hydrogen-bond donors (Lipinski definition) is 1. The average molecular weight is 267 g/mol. The smallest absolute Gasteiger partial charge is 0.354 e. The Morgan fingerprint density at radius 1 is 1.47 bits per heavy atom. The molecule has 0 spiro atoms. The number of anilines is 1. The van der Waals surface area contributed by atoms with Crippen LogP contribution in [0.25, 0.3) is 0 Å². The van der Waals surface area contributed by atoms with Crippen LogP contribution in [0.3, 0.4) is 0 Å². The Morgan fingerprint density at radius 3 is 2.47 bits per heavy atom. The van der Waals surface area contributed by atoms with Crippen LogP contribution in [0.1, 0.15) is 31.3 Å². The largest absolute Gasteiger partial charge is 0.477 e. The van der Waals surface area contributed by atoms with Crippen molar-refractivity contribution >= 4 is 17.5 Å². The van der Waals surface area contributed by atoms with Gasteiger partial charge in [0.2, 0.25) is 5.82 Å². The lowest BCUT2D eigenvalue weighted by Crippen LogP contribution is -2.30. The summed E-state index contributed by atoms with van der Waals surface area (Å²) < 4.78 is 0. The minimum absolute atomic E-state index is 0.0693. The first-order valence-corrected chi connectivity index (χ1v) is 5.71. The van der Waals surface area contributed by atoms with Gasteiger partial charge in [0.15, 0.2) is 5.69 Å². The molecule has 0 aliphatic rings. The SMILES string of the molecule is CN(CC(C)(C)C)c1nc(C(=O)O)ccc1[N+](=O)[O-]. The third-order valence-electron chi connectivity index (χ3n) is 2.34. The van der Waals surface area contributed by atoms with Gasteiger partial charge < -0.3 is 10.0 Å². The molecule has 0 aromatic carbocycles. The number of aromatic carboxylic acids is 1. The fourth-order valence-corrected chi connectivity index (χ4v) is 1.77. The topological polar surface area (TPSA) is 96.6 Å². The quantitative estimate of drug-likeness (QED) is 0.663. The Bertz CT molecular complexity index is 508. The van der Waals surface area contributed by atoms with Crippen LogP contribution in [0.5, 0.6) is 0 Å². The standard InChI is InChI=1S/C12H17N3O4/c1-12(2,3)7-14(4)10-9(15(18)19)6-5-8(13-10)11(16)17/h5-6H,7H2,1-4H3,(H,16,17). The summed E-state index contributed by atoms with van der Waals surface area (Å²) in [6.45, 7) is 6.47. The summed E-state index contributed by atoms with van der Waals surface area (Å²) in [6, 6.07) is 2.31. The van der Waals surface area contributed by atoms with Crippen molar-refractivity contribution in [3.63, 3.8) is 0 Å². The predicted molar refractivity (Wildman–Crippen MR) is 70.6 cm³/mol. The first-order valence-electron chi connectivity index (χ1n) is 5.71. The molecule has 1 rings (SSSR count). The van der Waals surface area contributed by atoms with Gasteiger partial charge in [0.25, 0.3) is 0 Å². The lowest BCUT2D eigenvalue weighted by molar-refractivity contribution is -0.384. The monoisotopic (exact) mass is 267 g/mol. The van der Waals surface area contributed by atoms with Crippen molar-refractivity contribution in [3.8, 4) is 0 Å². The van der Waals surface area contributed by atoms with Gasteiger partial charge in [-0.1, -0.05) is 20.8 Å². The van der Waals surface area contributed by atoms with Crippen LogP contribution < -0.4 is 4.90 Å². The summed E-state index contributed by atoms with van der Waals surface area (Å²) in [6.07, 6.45) is 0. The fraction of sp³-hybridized carbons (Fsp3) is 0.500. The van der Waals surface area contributed by atoms with Crippen molar-refractivity contribution < 1.29 is 14.8 Å². The normalized spacial score (nSPS) is 11.2. The van der Waals surface area contributed by atoms with E-state index < -0.39 is 10.9 Å². The molecule has 0 amide bonds. The second kappa shape index (κ2) is 5.21. The first-order chi connectivity index (χ1) is 8.61. The van der Waals surface area contributed by atoms with Crippen molar-refractivity contribution in [3.05, 3.63) is 27.9 Å². The number of nitrogens with zero attached hydrogens (tertiary/aromatic N) is 3. The molecule has 1 N–H and O–H groups in total. The van der Waals surface area contributed by atoms with Crippen LogP contribution in [0.15, 0.2) is 12.1 Å². The molecule has 0 unspecified atom stereocenters. The highest BCUT2D eigenvalue weighted by atomic mass is 16.6. The minimum Gasteiger partial charge on any atom is -0.477 e. The van der Waals surface area contributed by atoms with Gasteiger partial charge in [0.1, 0.15) is 0 Å². The molecule has 0 fully saturated rings. The number of carboxylic acid groups (broad SMARTS) is 1. The third-order valence-corrected chi connectivity index (χ3v) is 2.34. The molecule has 0 saturated heterocycles. The van der Waals surface area contributed by atoms with E-state index in [1.165, 1.54) is 6.07 Å². The van der Waals surface area contributed by atoms with Gasteiger partial charge in [0, 0.05) is 19.7 Å². The zero-order valence-corrected chi connectivity index (χ0v) is 11.4. The molecule has 1 aromatic rings. The Hall–Kier alpha value is -2.18.